The normalized spacial score (nSPS) is 12.0. The third-order valence-corrected chi connectivity index (χ3v) is 3.23. The molecule has 0 amide bonds. The van der Waals surface area contributed by atoms with E-state index in [4.69, 9.17) is 0 Å². The molecule has 0 aliphatic heterocycles. The molecule has 0 fully saturated rings. The van der Waals surface area contributed by atoms with E-state index >= 15 is 0 Å². The monoisotopic (exact) mass is 202 g/mol. The van der Waals surface area contributed by atoms with Crippen molar-refractivity contribution in [1.82, 2.24) is 0 Å². The zero-order chi connectivity index (χ0) is 10.9. The summed E-state index contributed by atoms with van der Waals surface area (Å²) in [6, 6.07) is 0. The topological polar surface area (TPSA) is 40.5 Å². The van der Waals surface area contributed by atoms with E-state index in [2.05, 4.69) is 6.92 Å². The zero-order valence-corrected chi connectivity index (χ0v) is 9.76. The van der Waals surface area contributed by atoms with Crippen LogP contribution in [0, 0.1) is 5.41 Å². The summed E-state index contributed by atoms with van der Waals surface area (Å²) in [6.45, 7) is 4.48. The van der Waals surface area contributed by atoms with Crippen molar-refractivity contribution in [3.63, 3.8) is 0 Å². The molecule has 14 heavy (non-hydrogen) atoms. The zero-order valence-electron chi connectivity index (χ0n) is 9.76. The second kappa shape index (κ2) is 8.25. The SMILES string of the molecule is CCCCCCCC(CC)(CO)CO. The molecular formula is C12H26O2. The van der Waals surface area contributed by atoms with Crippen LogP contribution in [-0.4, -0.2) is 23.4 Å². The highest BCUT2D eigenvalue weighted by molar-refractivity contribution is 4.75. The molecule has 0 bridgehead atoms. The lowest BCUT2D eigenvalue weighted by Crippen LogP contribution is -2.28. The van der Waals surface area contributed by atoms with Gasteiger partial charge in [-0.2, -0.15) is 0 Å². The minimum atomic E-state index is -0.216. The Bertz CT molecular complexity index is 111. The van der Waals surface area contributed by atoms with Crippen molar-refractivity contribution in [2.24, 2.45) is 5.41 Å². The first-order chi connectivity index (χ1) is 6.74. The molecule has 0 unspecified atom stereocenters. The number of rotatable bonds is 9. The van der Waals surface area contributed by atoms with Gasteiger partial charge in [0.05, 0.1) is 13.2 Å². The van der Waals surface area contributed by atoms with E-state index < -0.39 is 0 Å². The molecule has 0 saturated carbocycles. The van der Waals surface area contributed by atoms with E-state index in [0.717, 1.165) is 19.3 Å². The summed E-state index contributed by atoms with van der Waals surface area (Å²) in [5, 5.41) is 18.4. The van der Waals surface area contributed by atoms with Gasteiger partial charge < -0.3 is 10.2 Å². The highest BCUT2D eigenvalue weighted by atomic mass is 16.3. The fourth-order valence-corrected chi connectivity index (χ4v) is 1.71. The van der Waals surface area contributed by atoms with Crippen LogP contribution >= 0.6 is 0 Å². The average molecular weight is 202 g/mol. The fourth-order valence-electron chi connectivity index (χ4n) is 1.71. The van der Waals surface area contributed by atoms with Crippen LogP contribution in [0.4, 0.5) is 0 Å². The van der Waals surface area contributed by atoms with Gasteiger partial charge in [-0.15, -0.1) is 0 Å². The number of hydrogen-bond acceptors (Lipinski definition) is 2. The Morgan fingerprint density at radius 1 is 0.857 bits per heavy atom. The minimum absolute atomic E-state index is 0.119. The summed E-state index contributed by atoms with van der Waals surface area (Å²) < 4.78 is 0. The Morgan fingerprint density at radius 3 is 1.86 bits per heavy atom. The first-order valence-electron chi connectivity index (χ1n) is 5.96. The minimum Gasteiger partial charge on any atom is -0.396 e. The molecule has 2 nitrogen and oxygen atoms in total. The van der Waals surface area contributed by atoms with Crippen LogP contribution in [0.25, 0.3) is 0 Å². The molecule has 0 rings (SSSR count). The molecule has 2 heteroatoms. The lowest BCUT2D eigenvalue weighted by Gasteiger charge is -2.28. The smallest absolute Gasteiger partial charge is 0.0509 e. The molecule has 0 aromatic rings. The van der Waals surface area contributed by atoms with E-state index in [-0.39, 0.29) is 18.6 Å². The van der Waals surface area contributed by atoms with Crippen LogP contribution in [0.3, 0.4) is 0 Å². The summed E-state index contributed by atoms with van der Waals surface area (Å²) in [5.74, 6) is 0. The molecule has 2 N–H and O–H groups in total. The molecule has 0 radical (unpaired) electrons. The number of aliphatic hydroxyl groups excluding tert-OH is 2. The first kappa shape index (κ1) is 13.9. The van der Waals surface area contributed by atoms with E-state index in [1.165, 1.54) is 25.7 Å². The Labute approximate surface area is 88.3 Å². The standard InChI is InChI=1S/C12H26O2/c1-3-5-6-7-8-9-12(4-2,10-13)11-14/h13-14H,3-11H2,1-2H3. The van der Waals surface area contributed by atoms with Gasteiger partial charge in [-0.25, -0.2) is 0 Å². The Kier molecular flexibility index (Phi) is 8.20. The van der Waals surface area contributed by atoms with E-state index in [0.29, 0.717) is 0 Å². The van der Waals surface area contributed by atoms with Gasteiger partial charge in [0.25, 0.3) is 0 Å². The van der Waals surface area contributed by atoms with Crippen LogP contribution in [0.5, 0.6) is 0 Å². The molecule has 0 aromatic heterocycles. The van der Waals surface area contributed by atoms with Crippen molar-refractivity contribution in [2.75, 3.05) is 13.2 Å². The number of aliphatic hydroxyl groups is 2. The predicted molar refractivity (Wildman–Crippen MR) is 60.3 cm³/mol. The molecule has 0 heterocycles. The van der Waals surface area contributed by atoms with Gasteiger partial charge in [-0.1, -0.05) is 46.0 Å². The average Bonchev–Trinajstić information content (AvgIpc) is 2.24. The molecular weight excluding hydrogens is 176 g/mol. The van der Waals surface area contributed by atoms with Crippen LogP contribution in [-0.2, 0) is 0 Å². The molecule has 0 aromatic carbocycles. The van der Waals surface area contributed by atoms with Gasteiger partial charge in [0.1, 0.15) is 0 Å². The third-order valence-electron chi connectivity index (χ3n) is 3.23. The van der Waals surface area contributed by atoms with Crippen molar-refractivity contribution in [1.29, 1.82) is 0 Å². The maximum atomic E-state index is 9.22. The van der Waals surface area contributed by atoms with Gasteiger partial charge in [0.2, 0.25) is 0 Å². The summed E-state index contributed by atoms with van der Waals surface area (Å²) in [5.41, 5.74) is -0.216. The third kappa shape index (κ3) is 4.97. The molecule has 86 valence electrons. The number of hydrogen-bond donors (Lipinski definition) is 2. The summed E-state index contributed by atoms with van der Waals surface area (Å²) in [7, 11) is 0. The van der Waals surface area contributed by atoms with Crippen LogP contribution in [0.15, 0.2) is 0 Å². The Balaban J connectivity index is 3.61. The van der Waals surface area contributed by atoms with Crippen molar-refractivity contribution in [2.45, 2.75) is 58.8 Å². The van der Waals surface area contributed by atoms with Gasteiger partial charge in [0.15, 0.2) is 0 Å². The lowest BCUT2D eigenvalue weighted by atomic mass is 9.81. The van der Waals surface area contributed by atoms with Crippen molar-refractivity contribution in [3.05, 3.63) is 0 Å². The largest absolute Gasteiger partial charge is 0.396 e. The highest BCUT2D eigenvalue weighted by Gasteiger charge is 2.25. The van der Waals surface area contributed by atoms with Crippen molar-refractivity contribution in [3.8, 4) is 0 Å². The maximum absolute atomic E-state index is 9.22. The van der Waals surface area contributed by atoms with Crippen molar-refractivity contribution < 1.29 is 10.2 Å². The van der Waals surface area contributed by atoms with E-state index in [1.807, 2.05) is 6.92 Å². The Morgan fingerprint density at radius 2 is 1.43 bits per heavy atom. The molecule has 0 saturated heterocycles. The summed E-state index contributed by atoms with van der Waals surface area (Å²) >= 11 is 0. The van der Waals surface area contributed by atoms with Gasteiger partial charge >= 0.3 is 0 Å². The predicted octanol–water partition coefficient (Wildman–Crippen LogP) is 2.73. The molecule has 0 aliphatic carbocycles. The lowest BCUT2D eigenvalue weighted by molar-refractivity contribution is 0.0416. The summed E-state index contributed by atoms with van der Waals surface area (Å²) in [6.07, 6.45) is 8.04. The van der Waals surface area contributed by atoms with Crippen molar-refractivity contribution >= 4 is 0 Å². The fraction of sp³-hybridized carbons (Fsp3) is 1.00. The van der Waals surface area contributed by atoms with E-state index in [1.54, 1.807) is 0 Å². The van der Waals surface area contributed by atoms with Gasteiger partial charge in [0, 0.05) is 5.41 Å². The maximum Gasteiger partial charge on any atom is 0.0509 e. The van der Waals surface area contributed by atoms with Gasteiger partial charge in [-0.3, -0.25) is 0 Å². The number of unbranched alkanes of at least 4 members (excludes halogenated alkanes) is 4. The van der Waals surface area contributed by atoms with E-state index in [9.17, 15) is 10.2 Å². The van der Waals surface area contributed by atoms with Gasteiger partial charge in [-0.05, 0) is 12.8 Å². The molecule has 0 aliphatic rings. The highest BCUT2D eigenvalue weighted by Crippen LogP contribution is 2.27. The van der Waals surface area contributed by atoms with Crippen LogP contribution in [0.1, 0.15) is 58.8 Å². The molecule has 0 spiro atoms. The Hall–Kier alpha value is -0.0800. The van der Waals surface area contributed by atoms with Crippen LogP contribution < -0.4 is 0 Å². The quantitative estimate of drug-likeness (QED) is 0.564. The van der Waals surface area contributed by atoms with Crippen LogP contribution in [0.2, 0.25) is 0 Å². The summed E-state index contributed by atoms with van der Waals surface area (Å²) in [4.78, 5) is 0. The second-order valence-electron chi connectivity index (χ2n) is 4.33. The second-order valence-corrected chi connectivity index (χ2v) is 4.33. The molecule has 0 atom stereocenters. The first-order valence-corrected chi connectivity index (χ1v) is 5.96.